The van der Waals surface area contributed by atoms with Crippen molar-refractivity contribution in [1.29, 1.82) is 0 Å². The van der Waals surface area contributed by atoms with Crippen LogP contribution in [0, 0.1) is 5.82 Å². The number of benzene rings is 2. The maximum atomic E-state index is 13.6. The predicted octanol–water partition coefficient (Wildman–Crippen LogP) is 4.00. The number of sulfonamides is 2. The number of piperazine rings is 1. The SMILES string of the molecule is C[C@@](O)(c1ccc(N2CCN(S(=O)(=O)c3cccs3)C[C@@H]2CN(c2ccc(F)cc2)S(C)(=O)=O)cc1)C(F)(F)F. The van der Waals surface area contributed by atoms with Gasteiger partial charge in [0.2, 0.25) is 10.0 Å². The lowest BCUT2D eigenvalue weighted by Gasteiger charge is -2.44. The van der Waals surface area contributed by atoms with Crippen molar-refractivity contribution in [3.05, 3.63) is 77.4 Å². The summed E-state index contributed by atoms with van der Waals surface area (Å²) in [6.45, 7) is 0.420. The Kier molecular flexibility index (Phi) is 8.26. The zero-order valence-electron chi connectivity index (χ0n) is 21.4. The van der Waals surface area contributed by atoms with Gasteiger partial charge < -0.3 is 10.0 Å². The highest BCUT2D eigenvalue weighted by atomic mass is 32.2. The smallest absolute Gasteiger partial charge is 0.376 e. The summed E-state index contributed by atoms with van der Waals surface area (Å²) in [5.41, 5.74) is -2.90. The summed E-state index contributed by atoms with van der Waals surface area (Å²) in [6.07, 6.45) is -3.94. The molecule has 218 valence electrons. The Balaban J connectivity index is 1.71. The fourth-order valence-electron chi connectivity index (χ4n) is 4.45. The fraction of sp³-hybridized carbons (Fsp3) is 0.360. The number of anilines is 2. The van der Waals surface area contributed by atoms with Gasteiger partial charge in [0, 0.05) is 25.3 Å². The van der Waals surface area contributed by atoms with Crippen molar-refractivity contribution in [2.24, 2.45) is 0 Å². The van der Waals surface area contributed by atoms with Gasteiger partial charge in [-0.15, -0.1) is 11.3 Å². The predicted molar refractivity (Wildman–Crippen MR) is 145 cm³/mol. The van der Waals surface area contributed by atoms with Crippen molar-refractivity contribution in [2.45, 2.75) is 29.0 Å². The van der Waals surface area contributed by atoms with Gasteiger partial charge in [-0.25, -0.2) is 21.2 Å². The fourth-order valence-corrected chi connectivity index (χ4v) is 8.01. The monoisotopic (exact) mass is 621 g/mol. The molecular weight excluding hydrogens is 594 g/mol. The molecule has 3 aromatic rings. The van der Waals surface area contributed by atoms with E-state index in [9.17, 15) is 39.5 Å². The van der Waals surface area contributed by atoms with Crippen molar-refractivity contribution < 1.29 is 39.5 Å². The molecule has 15 heteroatoms. The molecule has 0 spiro atoms. The molecule has 1 aromatic heterocycles. The highest BCUT2D eigenvalue weighted by Crippen LogP contribution is 2.39. The summed E-state index contributed by atoms with van der Waals surface area (Å²) in [5.74, 6) is -0.570. The molecule has 1 aliphatic heterocycles. The number of hydrogen-bond acceptors (Lipinski definition) is 7. The zero-order valence-corrected chi connectivity index (χ0v) is 23.9. The van der Waals surface area contributed by atoms with E-state index in [4.69, 9.17) is 0 Å². The molecule has 4 rings (SSSR count). The van der Waals surface area contributed by atoms with E-state index in [-0.39, 0.29) is 41.6 Å². The van der Waals surface area contributed by atoms with Gasteiger partial charge in [0.1, 0.15) is 10.0 Å². The molecule has 1 aliphatic rings. The normalized spacial score (nSPS) is 18.9. The Labute approximate surface area is 234 Å². The van der Waals surface area contributed by atoms with Crippen LogP contribution in [0.25, 0.3) is 0 Å². The molecule has 0 aliphatic carbocycles. The van der Waals surface area contributed by atoms with Crippen molar-refractivity contribution >= 4 is 42.8 Å². The van der Waals surface area contributed by atoms with Crippen molar-refractivity contribution in [3.8, 4) is 0 Å². The molecule has 2 heterocycles. The third-order valence-electron chi connectivity index (χ3n) is 6.74. The number of halogens is 4. The lowest BCUT2D eigenvalue weighted by Crippen LogP contribution is -2.59. The summed E-state index contributed by atoms with van der Waals surface area (Å²) in [6, 6.07) is 12.1. The minimum atomic E-state index is -4.91. The average molecular weight is 622 g/mol. The van der Waals surface area contributed by atoms with Gasteiger partial charge in [-0.05, 0) is 60.3 Å². The maximum Gasteiger partial charge on any atom is 0.421 e. The van der Waals surface area contributed by atoms with Crippen LogP contribution >= 0.6 is 11.3 Å². The van der Waals surface area contributed by atoms with Gasteiger partial charge in [-0.2, -0.15) is 17.5 Å². The first-order valence-electron chi connectivity index (χ1n) is 11.9. The van der Waals surface area contributed by atoms with Crippen LogP contribution in [0.5, 0.6) is 0 Å². The second-order valence-electron chi connectivity index (χ2n) is 9.53. The van der Waals surface area contributed by atoms with Gasteiger partial charge in [0.25, 0.3) is 10.0 Å². The highest BCUT2D eigenvalue weighted by Gasteiger charge is 2.51. The van der Waals surface area contributed by atoms with Gasteiger partial charge in [-0.3, -0.25) is 4.31 Å². The van der Waals surface area contributed by atoms with Crippen LogP contribution in [-0.2, 0) is 25.6 Å². The third kappa shape index (κ3) is 6.12. The van der Waals surface area contributed by atoms with Crippen LogP contribution in [0.2, 0.25) is 0 Å². The van der Waals surface area contributed by atoms with Crippen LogP contribution in [-0.4, -0.2) is 70.9 Å². The largest absolute Gasteiger partial charge is 0.421 e. The van der Waals surface area contributed by atoms with Gasteiger partial charge in [0.15, 0.2) is 5.60 Å². The summed E-state index contributed by atoms with van der Waals surface area (Å²) < 4.78 is 108. The minimum Gasteiger partial charge on any atom is -0.376 e. The molecule has 0 bridgehead atoms. The van der Waals surface area contributed by atoms with Crippen molar-refractivity contribution in [3.63, 3.8) is 0 Å². The quantitative estimate of drug-likeness (QED) is 0.382. The highest BCUT2D eigenvalue weighted by molar-refractivity contribution is 7.92. The molecule has 40 heavy (non-hydrogen) atoms. The van der Waals surface area contributed by atoms with Crippen molar-refractivity contribution in [2.75, 3.05) is 41.6 Å². The van der Waals surface area contributed by atoms with Gasteiger partial charge in [-0.1, -0.05) is 18.2 Å². The molecule has 2 atom stereocenters. The Morgan fingerprint density at radius 1 is 1.00 bits per heavy atom. The second-order valence-corrected chi connectivity index (χ2v) is 14.5. The second kappa shape index (κ2) is 10.9. The lowest BCUT2D eigenvalue weighted by molar-refractivity contribution is -0.258. The molecule has 1 fully saturated rings. The molecule has 8 nitrogen and oxygen atoms in total. The van der Waals surface area contributed by atoms with Crippen LogP contribution in [0.15, 0.2) is 70.3 Å². The van der Waals surface area contributed by atoms with E-state index in [0.717, 1.165) is 46.2 Å². The summed E-state index contributed by atoms with van der Waals surface area (Å²) in [5, 5.41) is 11.7. The number of nitrogens with zero attached hydrogens (tertiary/aromatic N) is 3. The van der Waals surface area contributed by atoms with Gasteiger partial charge in [0.05, 0.1) is 24.5 Å². The lowest BCUT2D eigenvalue weighted by atomic mass is 9.95. The summed E-state index contributed by atoms with van der Waals surface area (Å²) >= 11 is 1.04. The number of thiophene rings is 1. The van der Waals surface area contributed by atoms with Crippen LogP contribution in [0.4, 0.5) is 28.9 Å². The molecule has 1 N–H and O–H groups in total. The van der Waals surface area contributed by atoms with Crippen LogP contribution in [0.3, 0.4) is 0 Å². The third-order valence-corrected chi connectivity index (χ3v) is 11.1. The zero-order chi connectivity index (χ0) is 29.5. The first-order chi connectivity index (χ1) is 18.5. The van der Waals surface area contributed by atoms with E-state index >= 15 is 0 Å². The topological polar surface area (TPSA) is 98.2 Å². The number of alkyl halides is 3. The van der Waals surface area contributed by atoms with Gasteiger partial charge >= 0.3 is 6.18 Å². The number of hydrogen-bond donors (Lipinski definition) is 1. The molecule has 0 radical (unpaired) electrons. The Morgan fingerprint density at radius 3 is 2.15 bits per heavy atom. The molecule has 0 unspecified atom stereocenters. The van der Waals surface area contributed by atoms with Crippen LogP contribution in [0.1, 0.15) is 12.5 Å². The molecular formula is C25H27F4N3O5S3. The number of aliphatic hydroxyl groups is 1. The van der Waals surface area contributed by atoms with E-state index in [1.807, 2.05) is 0 Å². The van der Waals surface area contributed by atoms with E-state index in [0.29, 0.717) is 12.6 Å². The minimum absolute atomic E-state index is 0.0359. The average Bonchev–Trinajstić information content (AvgIpc) is 3.43. The first kappa shape index (κ1) is 30.2. The van der Waals surface area contributed by atoms with E-state index < -0.39 is 43.7 Å². The first-order valence-corrected chi connectivity index (χ1v) is 16.1. The Morgan fingerprint density at radius 2 is 1.62 bits per heavy atom. The van der Waals surface area contributed by atoms with Crippen molar-refractivity contribution in [1.82, 2.24) is 4.31 Å². The Hall–Kier alpha value is -2.72. The summed E-state index contributed by atoms with van der Waals surface area (Å²) in [4.78, 5) is 1.72. The molecule has 1 saturated heterocycles. The maximum absolute atomic E-state index is 13.6. The summed E-state index contributed by atoms with van der Waals surface area (Å²) in [7, 11) is -7.81. The molecule has 0 saturated carbocycles. The van der Waals surface area contributed by atoms with Crippen LogP contribution < -0.4 is 9.21 Å². The van der Waals surface area contributed by atoms with E-state index in [1.165, 1.54) is 34.6 Å². The molecule has 2 aromatic carbocycles. The molecule has 0 amide bonds. The standard InChI is InChI=1S/C25H27F4N3O5S3/c1-24(33,25(27,28)29)18-5-9-20(10-6-18)31-14-13-30(40(36,37)23-4-3-15-38-23)16-22(31)17-32(39(2,34)35)21-11-7-19(26)8-12-21/h3-12,15,22,33H,13-14,16-17H2,1-2H3/t22-,24-/m1/s1. The van der Waals surface area contributed by atoms with E-state index in [2.05, 4.69) is 0 Å². The van der Waals surface area contributed by atoms with E-state index in [1.54, 1.807) is 16.3 Å². The Bertz CT molecular complexity index is 1530. The number of rotatable bonds is 8.